The van der Waals surface area contributed by atoms with Crippen LogP contribution in [0.25, 0.3) is 16.7 Å². The Labute approximate surface area is 243 Å². The summed E-state index contributed by atoms with van der Waals surface area (Å²) in [5, 5.41) is 15.0. The maximum Gasteiger partial charge on any atom is 0.345 e. The van der Waals surface area contributed by atoms with Crippen LogP contribution in [0.2, 0.25) is 0 Å². The monoisotopic (exact) mass is 565 g/mol. The van der Waals surface area contributed by atoms with Crippen molar-refractivity contribution < 1.29 is 23.9 Å². The first-order chi connectivity index (χ1) is 20.1. The molecule has 1 aromatic heterocycles. The Bertz CT molecular complexity index is 1710. The molecule has 1 N–H and O–H groups in total. The number of nitro groups is 1. The highest BCUT2D eigenvalue weighted by Crippen LogP contribution is 2.43. The van der Waals surface area contributed by atoms with Crippen molar-refractivity contribution in [1.29, 1.82) is 0 Å². The third-order valence-electron chi connectivity index (χ3n) is 7.07. The van der Waals surface area contributed by atoms with Crippen LogP contribution >= 0.6 is 0 Å². The van der Waals surface area contributed by atoms with Gasteiger partial charge in [-0.05, 0) is 80.8 Å². The highest BCUT2D eigenvalue weighted by atomic mass is 16.6. The molecular formula is C33H31N3O6. The number of non-ortho nitro benzene ring substituents is 1. The number of hydrogen-bond donors (Lipinski definition) is 1. The number of rotatable bonds is 8. The molecule has 3 aromatic carbocycles. The van der Waals surface area contributed by atoms with Crippen molar-refractivity contribution >= 4 is 22.9 Å². The van der Waals surface area contributed by atoms with Crippen LogP contribution in [0, 0.1) is 17.0 Å². The number of nitrogens with zero attached hydrogens (tertiary/aromatic N) is 2. The molecule has 0 bridgehead atoms. The molecule has 4 aromatic rings. The number of pyridine rings is 1. The molecule has 0 saturated heterocycles. The molecule has 0 amide bonds. The molecule has 9 heteroatoms. The van der Waals surface area contributed by atoms with E-state index in [4.69, 9.17) is 14.2 Å². The van der Waals surface area contributed by atoms with Gasteiger partial charge in [-0.15, -0.1) is 0 Å². The molecule has 0 aliphatic carbocycles. The summed E-state index contributed by atoms with van der Waals surface area (Å²) in [5.41, 5.74) is 6.37. The standard InChI is InChI=1S/C33H31N3O6/c1-20-8-9-23(36(38)39)15-29(20)41-19-27-25(12-13-28-31(27)21(2)17-33(3,4)35-28)26-11-10-24(16-30(26)40-5)42-32(37)22-7-6-14-34-18-22/h6-18,35H,19H2,1-5H3. The van der Waals surface area contributed by atoms with E-state index >= 15 is 0 Å². The number of fused-ring (bicyclic) bond motifs is 1. The zero-order valence-electron chi connectivity index (χ0n) is 24.1. The lowest BCUT2D eigenvalue weighted by molar-refractivity contribution is -0.385. The van der Waals surface area contributed by atoms with E-state index in [1.165, 1.54) is 18.3 Å². The van der Waals surface area contributed by atoms with Crippen LogP contribution in [-0.4, -0.2) is 28.5 Å². The van der Waals surface area contributed by atoms with Crippen LogP contribution in [0.3, 0.4) is 0 Å². The number of nitro benzene ring substituents is 1. The average molecular weight is 566 g/mol. The van der Waals surface area contributed by atoms with E-state index in [1.807, 2.05) is 25.1 Å². The maximum atomic E-state index is 12.6. The van der Waals surface area contributed by atoms with Crippen LogP contribution in [0.5, 0.6) is 17.2 Å². The van der Waals surface area contributed by atoms with Crippen molar-refractivity contribution in [1.82, 2.24) is 4.98 Å². The van der Waals surface area contributed by atoms with Gasteiger partial charge in [0.15, 0.2) is 0 Å². The summed E-state index contributed by atoms with van der Waals surface area (Å²) in [4.78, 5) is 27.6. The predicted octanol–water partition coefficient (Wildman–Crippen LogP) is 7.38. The van der Waals surface area contributed by atoms with Crippen molar-refractivity contribution in [2.45, 2.75) is 39.8 Å². The maximum absolute atomic E-state index is 12.6. The smallest absolute Gasteiger partial charge is 0.345 e. The van der Waals surface area contributed by atoms with Crippen molar-refractivity contribution in [3.05, 3.63) is 112 Å². The van der Waals surface area contributed by atoms with Gasteiger partial charge in [-0.1, -0.05) is 12.1 Å². The number of carbonyl (C=O) groups excluding carboxylic acids is 1. The molecule has 2 heterocycles. The fourth-order valence-electron chi connectivity index (χ4n) is 5.22. The molecule has 0 fully saturated rings. The van der Waals surface area contributed by atoms with Gasteiger partial charge in [-0.3, -0.25) is 15.1 Å². The molecule has 214 valence electrons. The second kappa shape index (κ2) is 11.4. The number of allylic oxidation sites excluding steroid dienone is 1. The Morgan fingerprint density at radius 1 is 1.02 bits per heavy atom. The number of aromatic nitrogens is 1. The minimum absolute atomic E-state index is 0.0384. The number of nitrogens with one attached hydrogen (secondary N) is 1. The Morgan fingerprint density at radius 3 is 2.52 bits per heavy atom. The molecule has 0 spiro atoms. The van der Waals surface area contributed by atoms with Crippen LogP contribution < -0.4 is 19.5 Å². The number of ether oxygens (including phenoxy) is 3. The normalized spacial score (nSPS) is 13.3. The van der Waals surface area contributed by atoms with E-state index in [2.05, 4.69) is 37.1 Å². The van der Waals surface area contributed by atoms with E-state index in [-0.39, 0.29) is 17.8 Å². The SMILES string of the molecule is COc1cc(OC(=O)c2cccnc2)ccc1-c1ccc2c(c1COc1cc([N+](=O)[O-])ccc1C)C(C)=CC(C)(C)N2. The Hall–Kier alpha value is -5.18. The summed E-state index contributed by atoms with van der Waals surface area (Å²) >= 11 is 0. The Balaban J connectivity index is 1.57. The summed E-state index contributed by atoms with van der Waals surface area (Å²) < 4.78 is 17.6. The molecule has 0 radical (unpaired) electrons. The van der Waals surface area contributed by atoms with Gasteiger partial charge in [0, 0.05) is 46.9 Å². The summed E-state index contributed by atoms with van der Waals surface area (Å²) in [6.07, 6.45) is 5.20. The third-order valence-corrected chi connectivity index (χ3v) is 7.07. The fraction of sp³-hybridized carbons (Fsp3) is 0.212. The van der Waals surface area contributed by atoms with Crippen molar-refractivity contribution in [3.8, 4) is 28.4 Å². The van der Waals surface area contributed by atoms with Crippen LogP contribution in [0.1, 0.15) is 47.8 Å². The fourth-order valence-corrected chi connectivity index (χ4v) is 5.22. The largest absolute Gasteiger partial charge is 0.496 e. The summed E-state index contributed by atoms with van der Waals surface area (Å²) in [5.74, 6) is 0.738. The zero-order valence-corrected chi connectivity index (χ0v) is 24.1. The molecule has 0 unspecified atom stereocenters. The molecule has 5 rings (SSSR count). The molecule has 42 heavy (non-hydrogen) atoms. The van der Waals surface area contributed by atoms with Gasteiger partial charge in [-0.25, -0.2) is 4.79 Å². The molecule has 0 saturated carbocycles. The van der Waals surface area contributed by atoms with Crippen LogP contribution in [-0.2, 0) is 6.61 Å². The third kappa shape index (κ3) is 5.81. The van der Waals surface area contributed by atoms with Gasteiger partial charge in [-0.2, -0.15) is 0 Å². The van der Waals surface area contributed by atoms with Crippen LogP contribution in [0.4, 0.5) is 11.4 Å². The first kappa shape index (κ1) is 28.4. The highest BCUT2D eigenvalue weighted by Gasteiger charge is 2.27. The molecule has 9 nitrogen and oxygen atoms in total. The summed E-state index contributed by atoms with van der Waals surface area (Å²) in [6.45, 7) is 8.26. The lowest BCUT2D eigenvalue weighted by Gasteiger charge is -2.33. The van der Waals surface area contributed by atoms with Crippen molar-refractivity contribution in [2.75, 3.05) is 12.4 Å². The number of hydrogen-bond acceptors (Lipinski definition) is 8. The predicted molar refractivity (Wildman–Crippen MR) is 161 cm³/mol. The topological polar surface area (TPSA) is 113 Å². The number of benzene rings is 3. The zero-order chi connectivity index (χ0) is 30.0. The molecule has 1 aliphatic rings. The van der Waals surface area contributed by atoms with Gasteiger partial charge in [0.1, 0.15) is 23.9 Å². The second-order valence-corrected chi connectivity index (χ2v) is 10.7. The van der Waals surface area contributed by atoms with E-state index in [1.54, 1.807) is 43.6 Å². The number of esters is 1. The number of methoxy groups -OCH3 is 1. The van der Waals surface area contributed by atoms with Crippen LogP contribution in [0.15, 0.2) is 79.1 Å². The average Bonchev–Trinajstić information content (AvgIpc) is 2.96. The van der Waals surface area contributed by atoms with Gasteiger partial charge >= 0.3 is 5.97 Å². The van der Waals surface area contributed by atoms with Gasteiger partial charge in [0.05, 0.1) is 29.2 Å². The van der Waals surface area contributed by atoms with Gasteiger partial charge in [0.2, 0.25) is 0 Å². The second-order valence-electron chi connectivity index (χ2n) is 10.7. The molecule has 0 atom stereocenters. The van der Waals surface area contributed by atoms with E-state index < -0.39 is 10.9 Å². The van der Waals surface area contributed by atoms with Crippen molar-refractivity contribution in [3.63, 3.8) is 0 Å². The molecular weight excluding hydrogens is 534 g/mol. The minimum atomic E-state index is -0.525. The van der Waals surface area contributed by atoms with E-state index in [0.29, 0.717) is 22.8 Å². The summed E-state index contributed by atoms with van der Waals surface area (Å²) in [7, 11) is 1.56. The Kier molecular flexibility index (Phi) is 7.67. The minimum Gasteiger partial charge on any atom is -0.496 e. The first-order valence-electron chi connectivity index (χ1n) is 13.4. The lowest BCUT2D eigenvalue weighted by Crippen LogP contribution is -2.32. The molecule has 1 aliphatic heterocycles. The van der Waals surface area contributed by atoms with Gasteiger partial charge < -0.3 is 19.5 Å². The Morgan fingerprint density at radius 2 is 1.81 bits per heavy atom. The van der Waals surface area contributed by atoms with Crippen molar-refractivity contribution in [2.24, 2.45) is 0 Å². The number of carbonyl (C=O) groups is 1. The summed E-state index contributed by atoms with van der Waals surface area (Å²) in [6, 6.07) is 17.1. The first-order valence-corrected chi connectivity index (χ1v) is 13.4. The van der Waals surface area contributed by atoms with E-state index in [0.717, 1.165) is 39.1 Å². The number of anilines is 1. The van der Waals surface area contributed by atoms with E-state index in [9.17, 15) is 14.9 Å². The quantitative estimate of drug-likeness (QED) is 0.102. The number of aryl methyl sites for hydroxylation is 1. The highest BCUT2D eigenvalue weighted by molar-refractivity contribution is 5.91. The lowest BCUT2D eigenvalue weighted by atomic mass is 9.85. The van der Waals surface area contributed by atoms with Gasteiger partial charge in [0.25, 0.3) is 5.69 Å².